The minimum absolute atomic E-state index is 0.0537. The maximum Gasteiger partial charge on any atom is 0.416 e. The molecule has 0 amide bonds. The lowest BCUT2D eigenvalue weighted by atomic mass is 9.96. The summed E-state index contributed by atoms with van der Waals surface area (Å²) in [6, 6.07) is 10.8. The fraction of sp³-hybridized carbons (Fsp3) is 0.300. The summed E-state index contributed by atoms with van der Waals surface area (Å²) in [5, 5.41) is 7.13. The smallest absolute Gasteiger partial charge is 0.338 e. The van der Waals surface area contributed by atoms with E-state index in [0.717, 1.165) is 17.7 Å². The molecule has 0 aliphatic carbocycles. The molecule has 148 valence electrons. The predicted molar refractivity (Wildman–Crippen MR) is 95.6 cm³/mol. The zero-order chi connectivity index (χ0) is 20.3. The number of alkyl halides is 3. The van der Waals surface area contributed by atoms with Gasteiger partial charge in [0, 0.05) is 11.6 Å². The molecule has 1 heterocycles. The maximum absolute atomic E-state index is 13.1. The molecule has 3 aromatic rings. The minimum atomic E-state index is -4.39. The van der Waals surface area contributed by atoms with E-state index in [4.69, 9.17) is 4.52 Å². The highest BCUT2D eigenvalue weighted by atomic mass is 19.4. The van der Waals surface area contributed by atoms with Crippen LogP contribution in [0.25, 0.3) is 11.4 Å². The van der Waals surface area contributed by atoms with Gasteiger partial charge in [0.05, 0.1) is 12.1 Å². The molecule has 1 unspecified atom stereocenters. The molecule has 0 fully saturated rings. The van der Waals surface area contributed by atoms with Crippen molar-refractivity contribution in [2.75, 3.05) is 0 Å². The Hall–Kier alpha value is -2.74. The SMILES string of the molecule is CC(C)C(NCc1nc(-c2ccc(C(F)(F)F)cc2)no1)c1ccc(F)cc1. The molecule has 8 heteroatoms. The van der Waals surface area contributed by atoms with Crippen LogP contribution < -0.4 is 5.32 Å². The van der Waals surface area contributed by atoms with Crippen molar-refractivity contribution in [2.24, 2.45) is 5.92 Å². The van der Waals surface area contributed by atoms with Gasteiger partial charge in [-0.2, -0.15) is 18.2 Å². The fourth-order valence-electron chi connectivity index (χ4n) is 2.86. The Morgan fingerprint density at radius 1 is 1.00 bits per heavy atom. The summed E-state index contributed by atoms with van der Waals surface area (Å²) in [5.41, 5.74) is 0.626. The summed E-state index contributed by atoms with van der Waals surface area (Å²) in [5.74, 6) is 0.447. The van der Waals surface area contributed by atoms with E-state index in [1.807, 2.05) is 13.8 Å². The Morgan fingerprint density at radius 3 is 2.21 bits per heavy atom. The van der Waals surface area contributed by atoms with Crippen LogP contribution in [0, 0.1) is 11.7 Å². The molecular formula is C20H19F4N3O. The van der Waals surface area contributed by atoms with Gasteiger partial charge in [-0.05, 0) is 35.7 Å². The number of aromatic nitrogens is 2. The van der Waals surface area contributed by atoms with Crippen molar-refractivity contribution in [1.29, 1.82) is 0 Å². The molecule has 0 aliphatic heterocycles. The van der Waals surface area contributed by atoms with Crippen molar-refractivity contribution in [3.05, 3.63) is 71.4 Å². The molecule has 0 saturated carbocycles. The molecule has 4 nitrogen and oxygen atoms in total. The zero-order valence-corrected chi connectivity index (χ0v) is 15.3. The standard InChI is InChI=1S/C20H19F4N3O/c1-12(2)18(13-5-9-16(21)10-6-13)25-11-17-26-19(27-28-17)14-3-7-15(8-4-14)20(22,23)24/h3-10,12,18,25H,11H2,1-2H3. The first-order valence-corrected chi connectivity index (χ1v) is 8.73. The van der Waals surface area contributed by atoms with Crippen LogP contribution in [-0.4, -0.2) is 10.1 Å². The Balaban J connectivity index is 1.69. The fourth-order valence-corrected chi connectivity index (χ4v) is 2.86. The molecule has 3 rings (SSSR count). The highest BCUT2D eigenvalue weighted by molar-refractivity contribution is 5.54. The number of hydrogen-bond donors (Lipinski definition) is 1. The summed E-state index contributed by atoms with van der Waals surface area (Å²) >= 11 is 0. The number of rotatable bonds is 6. The number of hydrogen-bond acceptors (Lipinski definition) is 4. The van der Waals surface area contributed by atoms with Gasteiger partial charge in [-0.3, -0.25) is 0 Å². The molecule has 0 spiro atoms. The van der Waals surface area contributed by atoms with Gasteiger partial charge >= 0.3 is 6.18 Å². The van der Waals surface area contributed by atoms with E-state index in [-0.39, 0.29) is 30.1 Å². The molecule has 2 aromatic carbocycles. The van der Waals surface area contributed by atoms with E-state index in [2.05, 4.69) is 15.5 Å². The van der Waals surface area contributed by atoms with Gasteiger partial charge in [0.15, 0.2) is 0 Å². The van der Waals surface area contributed by atoms with E-state index in [9.17, 15) is 17.6 Å². The third-order valence-corrected chi connectivity index (χ3v) is 4.31. The number of benzene rings is 2. The molecule has 1 aromatic heterocycles. The van der Waals surface area contributed by atoms with Crippen molar-refractivity contribution >= 4 is 0 Å². The number of nitrogens with zero attached hydrogens (tertiary/aromatic N) is 2. The van der Waals surface area contributed by atoms with Crippen LogP contribution in [0.3, 0.4) is 0 Å². The van der Waals surface area contributed by atoms with Crippen LogP contribution >= 0.6 is 0 Å². The highest BCUT2D eigenvalue weighted by Crippen LogP contribution is 2.30. The predicted octanol–water partition coefficient (Wildman–Crippen LogP) is 5.38. The van der Waals surface area contributed by atoms with Gasteiger partial charge in [0.1, 0.15) is 5.82 Å². The van der Waals surface area contributed by atoms with Crippen LogP contribution in [0.4, 0.5) is 17.6 Å². The third kappa shape index (κ3) is 4.75. The average Bonchev–Trinajstić information content (AvgIpc) is 3.11. The second-order valence-corrected chi connectivity index (χ2v) is 6.74. The van der Waals surface area contributed by atoms with Crippen molar-refractivity contribution < 1.29 is 22.1 Å². The maximum atomic E-state index is 13.1. The second-order valence-electron chi connectivity index (χ2n) is 6.74. The largest absolute Gasteiger partial charge is 0.416 e. The van der Waals surface area contributed by atoms with Crippen molar-refractivity contribution in [3.8, 4) is 11.4 Å². The van der Waals surface area contributed by atoms with E-state index in [1.165, 1.54) is 24.3 Å². The third-order valence-electron chi connectivity index (χ3n) is 4.31. The average molecular weight is 393 g/mol. The minimum Gasteiger partial charge on any atom is -0.338 e. The van der Waals surface area contributed by atoms with Gasteiger partial charge in [0.2, 0.25) is 11.7 Å². The van der Waals surface area contributed by atoms with Crippen molar-refractivity contribution in [2.45, 2.75) is 32.6 Å². The Morgan fingerprint density at radius 2 is 1.64 bits per heavy atom. The molecule has 1 atom stereocenters. The van der Waals surface area contributed by atoms with Crippen LogP contribution in [-0.2, 0) is 12.7 Å². The summed E-state index contributed by atoms with van der Waals surface area (Å²) in [7, 11) is 0. The van der Waals surface area contributed by atoms with Crippen LogP contribution in [0.1, 0.15) is 36.9 Å². The van der Waals surface area contributed by atoms with E-state index < -0.39 is 11.7 Å². The molecular weight excluding hydrogens is 374 g/mol. The number of nitrogens with one attached hydrogen (secondary N) is 1. The Labute approximate surface area is 159 Å². The Kier molecular flexibility index (Phi) is 5.79. The van der Waals surface area contributed by atoms with E-state index >= 15 is 0 Å². The van der Waals surface area contributed by atoms with Gasteiger partial charge in [-0.15, -0.1) is 0 Å². The first-order valence-electron chi connectivity index (χ1n) is 8.73. The summed E-state index contributed by atoms with van der Waals surface area (Å²) in [4.78, 5) is 4.23. The monoisotopic (exact) mass is 393 g/mol. The van der Waals surface area contributed by atoms with Gasteiger partial charge in [-0.1, -0.05) is 43.3 Å². The molecule has 0 aliphatic rings. The van der Waals surface area contributed by atoms with Crippen LogP contribution in [0.5, 0.6) is 0 Å². The lowest BCUT2D eigenvalue weighted by molar-refractivity contribution is -0.137. The lowest BCUT2D eigenvalue weighted by Gasteiger charge is -2.22. The van der Waals surface area contributed by atoms with Crippen molar-refractivity contribution in [3.63, 3.8) is 0 Å². The molecule has 0 saturated heterocycles. The van der Waals surface area contributed by atoms with Crippen molar-refractivity contribution in [1.82, 2.24) is 15.5 Å². The second kappa shape index (κ2) is 8.10. The Bertz CT molecular complexity index is 902. The highest BCUT2D eigenvalue weighted by Gasteiger charge is 2.30. The number of halogens is 4. The van der Waals surface area contributed by atoms with E-state index in [0.29, 0.717) is 11.5 Å². The van der Waals surface area contributed by atoms with Crippen LogP contribution in [0.2, 0.25) is 0 Å². The first kappa shape index (κ1) is 20.0. The summed E-state index contributed by atoms with van der Waals surface area (Å²) in [6.07, 6.45) is -4.39. The van der Waals surface area contributed by atoms with E-state index in [1.54, 1.807) is 12.1 Å². The van der Waals surface area contributed by atoms with Gasteiger partial charge < -0.3 is 9.84 Å². The molecule has 28 heavy (non-hydrogen) atoms. The zero-order valence-electron chi connectivity index (χ0n) is 15.3. The normalized spacial score (nSPS) is 13.1. The quantitative estimate of drug-likeness (QED) is 0.571. The summed E-state index contributed by atoms with van der Waals surface area (Å²) < 4.78 is 56.3. The molecule has 0 radical (unpaired) electrons. The summed E-state index contributed by atoms with van der Waals surface area (Å²) in [6.45, 7) is 4.33. The molecule has 1 N–H and O–H groups in total. The van der Waals surface area contributed by atoms with Crippen LogP contribution in [0.15, 0.2) is 53.1 Å². The molecule has 0 bridgehead atoms. The first-order chi connectivity index (χ1) is 13.2. The lowest BCUT2D eigenvalue weighted by Crippen LogP contribution is -2.25. The topological polar surface area (TPSA) is 51.0 Å². The van der Waals surface area contributed by atoms with Gasteiger partial charge in [-0.25, -0.2) is 4.39 Å². The van der Waals surface area contributed by atoms with Gasteiger partial charge in [0.25, 0.3) is 0 Å².